The van der Waals surface area contributed by atoms with Gasteiger partial charge in [-0.25, -0.2) is 9.18 Å². The summed E-state index contributed by atoms with van der Waals surface area (Å²) in [4.78, 5) is 16.4. The van der Waals surface area contributed by atoms with E-state index in [9.17, 15) is 14.4 Å². The summed E-state index contributed by atoms with van der Waals surface area (Å²) < 4.78 is 20.0. The third-order valence-corrected chi connectivity index (χ3v) is 3.15. The largest absolute Gasteiger partial charge is 0.443 e. The first-order chi connectivity index (χ1) is 10.0. The van der Waals surface area contributed by atoms with Crippen LogP contribution < -0.4 is 0 Å². The molecule has 2 aromatic rings. The Balaban J connectivity index is 2.68. The lowest BCUT2D eigenvalue weighted by Gasteiger charge is -2.19. The van der Waals surface area contributed by atoms with Crippen molar-refractivity contribution in [2.75, 3.05) is 0 Å². The molecule has 0 spiro atoms. The van der Waals surface area contributed by atoms with Gasteiger partial charge in [-0.3, -0.25) is 9.55 Å². The van der Waals surface area contributed by atoms with Gasteiger partial charge in [-0.1, -0.05) is 0 Å². The second-order valence-electron chi connectivity index (χ2n) is 6.65. The highest BCUT2D eigenvalue weighted by molar-refractivity contribution is 5.90. The number of hydrogen-bond acceptors (Lipinski definition) is 4. The number of rotatable bonds is 1. The number of carbonyl (C=O) groups excluding carboxylic acids is 1. The minimum Gasteiger partial charge on any atom is -0.443 e. The lowest BCUT2D eigenvalue weighted by molar-refractivity contribution is 0.0544. The molecule has 0 saturated heterocycles. The summed E-state index contributed by atoms with van der Waals surface area (Å²) in [5.74, 6) is -0.559. The average molecular weight is 303 g/mol. The summed E-state index contributed by atoms with van der Waals surface area (Å²) in [6.07, 6.45) is 1.93. The molecule has 2 heterocycles. The van der Waals surface area contributed by atoms with E-state index in [2.05, 4.69) is 11.1 Å². The molecule has 0 aliphatic rings. The van der Waals surface area contributed by atoms with E-state index in [1.807, 2.05) is 0 Å². The number of halogens is 1. The molecule has 0 unspecified atom stereocenters. The first-order valence-corrected chi connectivity index (χ1v) is 6.87. The number of nitriles is 1. The van der Waals surface area contributed by atoms with Gasteiger partial charge in [0.05, 0.1) is 28.7 Å². The fourth-order valence-corrected chi connectivity index (χ4v) is 2.06. The molecule has 0 amide bonds. The summed E-state index contributed by atoms with van der Waals surface area (Å²) in [5.41, 5.74) is -0.294. The van der Waals surface area contributed by atoms with Gasteiger partial charge in [0.15, 0.2) is 0 Å². The molecule has 0 atom stereocenters. The van der Waals surface area contributed by atoms with Crippen molar-refractivity contribution >= 4 is 17.1 Å². The number of hydrogen-bond donors (Lipinski definition) is 0. The molecule has 22 heavy (non-hydrogen) atoms. The van der Waals surface area contributed by atoms with E-state index in [0.717, 1.165) is 6.20 Å². The van der Waals surface area contributed by atoms with Crippen molar-refractivity contribution in [2.45, 2.75) is 45.6 Å². The third kappa shape index (κ3) is 2.93. The van der Waals surface area contributed by atoms with Crippen LogP contribution in [0.5, 0.6) is 0 Å². The Labute approximate surface area is 128 Å². The molecule has 0 saturated carbocycles. The lowest BCUT2D eigenvalue weighted by atomic mass is 9.87. The maximum atomic E-state index is 13.5. The molecule has 2 rings (SSSR count). The molecule has 2 aromatic heterocycles. The second kappa shape index (κ2) is 5.09. The highest BCUT2D eigenvalue weighted by atomic mass is 19.1. The van der Waals surface area contributed by atoms with E-state index in [1.54, 1.807) is 34.6 Å². The molecule has 5 nitrogen and oxygen atoms in total. The molecule has 0 bridgehead atoms. The average Bonchev–Trinajstić information content (AvgIpc) is 2.76. The van der Waals surface area contributed by atoms with Crippen LogP contribution in [0, 0.1) is 17.1 Å². The molecule has 0 radical (unpaired) electrons. The molecule has 0 aliphatic carbocycles. The number of pyridine rings is 1. The minimum absolute atomic E-state index is 0.285. The van der Waals surface area contributed by atoms with Crippen LogP contribution >= 0.6 is 0 Å². The van der Waals surface area contributed by atoms with Crippen LogP contribution in [0.1, 0.15) is 40.2 Å². The van der Waals surface area contributed by atoms with Crippen LogP contribution in [0.15, 0.2) is 18.5 Å². The zero-order valence-electron chi connectivity index (χ0n) is 13.3. The van der Waals surface area contributed by atoms with Crippen molar-refractivity contribution in [2.24, 2.45) is 0 Å². The standard InChI is InChI=1S/C16H18FN3O2/c1-15(2,3)22-14(21)20-8-11(16(4,5)9-18)13-12(20)6-10(17)7-19-13/h6-8H,1-5H3. The van der Waals surface area contributed by atoms with Gasteiger partial charge in [0.2, 0.25) is 0 Å². The Hall–Kier alpha value is -2.42. The number of fused-ring (bicyclic) bond motifs is 1. The predicted octanol–water partition coefficient (Wildman–Crippen LogP) is 3.76. The highest BCUT2D eigenvalue weighted by Gasteiger charge is 2.29. The summed E-state index contributed by atoms with van der Waals surface area (Å²) >= 11 is 0. The van der Waals surface area contributed by atoms with Gasteiger partial charge in [-0.05, 0) is 34.6 Å². The summed E-state index contributed by atoms with van der Waals surface area (Å²) in [7, 11) is 0. The van der Waals surface area contributed by atoms with E-state index in [-0.39, 0.29) is 5.52 Å². The molecule has 116 valence electrons. The van der Waals surface area contributed by atoms with Crippen molar-refractivity contribution in [3.05, 3.63) is 29.8 Å². The summed E-state index contributed by atoms with van der Waals surface area (Å²) in [6.45, 7) is 8.67. The van der Waals surface area contributed by atoms with Gasteiger partial charge in [0.25, 0.3) is 0 Å². The van der Waals surface area contributed by atoms with Crippen molar-refractivity contribution in [1.29, 1.82) is 5.26 Å². The normalized spacial score (nSPS) is 12.2. The minimum atomic E-state index is -0.865. The molecule has 0 N–H and O–H groups in total. The van der Waals surface area contributed by atoms with Crippen LogP contribution in [0.25, 0.3) is 11.0 Å². The van der Waals surface area contributed by atoms with Gasteiger partial charge in [0.1, 0.15) is 11.4 Å². The number of ether oxygens (including phenoxy) is 1. The lowest BCUT2D eigenvalue weighted by Crippen LogP contribution is -2.26. The highest BCUT2D eigenvalue weighted by Crippen LogP contribution is 2.31. The van der Waals surface area contributed by atoms with Crippen LogP contribution in [-0.2, 0) is 10.2 Å². The van der Waals surface area contributed by atoms with Gasteiger partial charge >= 0.3 is 6.09 Å². The van der Waals surface area contributed by atoms with Crippen molar-refractivity contribution in [3.8, 4) is 6.07 Å². The Kier molecular flexibility index (Phi) is 3.69. The van der Waals surface area contributed by atoms with Gasteiger partial charge < -0.3 is 4.74 Å². The zero-order valence-corrected chi connectivity index (χ0v) is 13.3. The molecular weight excluding hydrogens is 285 g/mol. The van der Waals surface area contributed by atoms with Crippen LogP contribution in [0.3, 0.4) is 0 Å². The van der Waals surface area contributed by atoms with Crippen LogP contribution in [-0.4, -0.2) is 21.2 Å². The van der Waals surface area contributed by atoms with Crippen molar-refractivity contribution < 1.29 is 13.9 Å². The van der Waals surface area contributed by atoms with Gasteiger partial charge in [-0.15, -0.1) is 0 Å². The Morgan fingerprint density at radius 2 is 2.00 bits per heavy atom. The van der Waals surface area contributed by atoms with E-state index < -0.39 is 22.9 Å². The molecule has 0 fully saturated rings. The fourth-order valence-electron chi connectivity index (χ4n) is 2.06. The Bertz CT molecular complexity index is 779. The van der Waals surface area contributed by atoms with Crippen molar-refractivity contribution in [1.82, 2.24) is 9.55 Å². The summed E-state index contributed by atoms with van der Waals surface area (Å²) in [6, 6.07) is 3.38. The van der Waals surface area contributed by atoms with E-state index >= 15 is 0 Å². The van der Waals surface area contributed by atoms with Gasteiger partial charge in [-0.2, -0.15) is 5.26 Å². The summed E-state index contributed by atoms with van der Waals surface area (Å²) in [5, 5.41) is 9.32. The van der Waals surface area contributed by atoms with Gasteiger partial charge in [0, 0.05) is 17.8 Å². The first kappa shape index (κ1) is 16.0. The van der Waals surface area contributed by atoms with E-state index in [1.165, 1.54) is 16.8 Å². The quantitative estimate of drug-likeness (QED) is 0.804. The first-order valence-electron chi connectivity index (χ1n) is 6.87. The molecular formula is C16H18FN3O2. The van der Waals surface area contributed by atoms with E-state index in [4.69, 9.17) is 4.74 Å². The third-order valence-electron chi connectivity index (χ3n) is 3.15. The predicted molar refractivity (Wildman–Crippen MR) is 80.0 cm³/mol. The maximum absolute atomic E-state index is 13.5. The Morgan fingerprint density at radius 1 is 1.36 bits per heavy atom. The number of nitrogens with zero attached hydrogens (tertiary/aromatic N) is 3. The smallest absolute Gasteiger partial charge is 0.419 e. The monoisotopic (exact) mass is 303 g/mol. The fraction of sp³-hybridized carbons (Fsp3) is 0.438. The zero-order chi connectivity index (χ0) is 16.7. The van der Waals surface area contributed by atoms with Crippen LogP contribution in [0.2, 0.25) is 0 Å². The number of carbonyl (C=O) groups is 1. The molecule has 0 aromatic carbocycles. The van der Waals surface area contributed by atoms with Crippen molar-refractivity contribution in [3.63, 3.8) is 0 Å². The maximum Gasteiger partial charge on any atom is 0.419 e. The number of aromatic nitrogens is 2. The topological polar surface area (TPSA) is 67.9 Å². The van der Waals surface area contributed by atoms with Crippen LogP contribution in [0.4, 0.5) is 9.18 Å². The molecule has 0 aliphatic heterocycles. The van der Waals surface area contributed by atoms with E-state index in [0.29, 0.717) is 11.1 Å². The second-order valence-corrected chi connectivity index (χ2v) is 6.65. The molecule has 6 heteroatoms. The SMILES string of the molecule is CC(C)(C)OC(=O)n1cc(C(C)(C)C#N)c2ncc(F)cc21. The Morgan fingerprint density at radius 3 is 2.55 bits per heavy atom.